The summed E-state index contributed by atoms with van der Waals surface area (Å²) in [4.78, 5) is 2.44. The third kappa shape index (κ3) is 3.67. The van der Waals surface area contributed by atoms with E-state index in [0.29, 0.717) is 11.7 Å². The maximum atomic E-state index is 5.73. The van der Waals surface area contributed by atoms with Crippen LogP contribution in [0.15, 0.2) is 6.20 Å². The lowest BCUT2D eigenvalue weighted by Crippen LogP contribution is -2.45. The molecule has 2 heterocycles. The Bertz CT molecular complexity index is 351. The Morgan fingerprint density at radius 3 is 3.06 bits per heavy atom. The van der Waals surface area contributed by atoms with E-state index < -0.39 is 0 Å². The van der Waals surface area contributed by atoms with Gasteiger partial charge >= 0.3 is 0 Å². The minimum absolute atomic E-state index is 0.184. The number of ether oxygens (including phenoxy) is 1. The lowest BCUT2D eigenvalue weighted by Gasteiger charge is -2.33. The standard InChI is InChI=1S/C11H21N5O/c1-9(2)5-15-3-4-17-10(6-15)7-16-8-11(12)13-14-16/h8-10H,3-7,12H2,1-2H3. The van der Waals surface area contributed by atoms with Gasteiger partial charge in [-0.25, -0.2) is 4.68 Å². The summed E-state index contributed by atoms with van der Waals surface area (Å²) < 4.78 is 7.48. The van der Waals surface area contributed by atoms with Crippen molar-refractivity contribution in [1.82, 2.24) is 19.9 Å². The lowest BCUT2D eigenvalue weighted by molar-refractivity contribution is -0.0406. The maximum Gasteiger partial charge on any atom is 0.165 e. The number of hydrogen-bond acceptors (Lipinski definition) is 5. The zero-order chi connectivity index (χ0) is 12.3. The second-order valence-corrected chi connectivity index (χ2v) is 5.01. The van der Waals surface area contributed by atoms with Crippen molar-refractivity contribution in [2.75, 3.05) is 32.0 Å². The lowest BCUT2D eigenvalue weighted by atomic mass is 10.2. The highest BCUT2D eigenvalue weighted by Gasteiger charge is 2.21. The largest absolute Gasteiger partial charge is 0.381 e. The molecule has 0 aromatic carbocycles. The molecule has 0 amide bonds. The third-order valence-corrected chi connectivity index (χ3v) is 2.79. The van der Waals surface area contributed by atoms with Crippen LogP contribution in [0.5, 0.6) is 0 Å². The van der Waals surface area contributed by atoms with E-state index in [1.807, 2.05) is 0 Å². The van der Waals surface area contributed by atoms with Gasteiger partial charge in [-0.15, -0.1) is 5.10 Å². The molecule has 0 spiro atoms. The highest BCUT2D eigenvalue weighted by molar-refractivity contribution is 5.19. The summed E-state index contributed by atoms with van der Waals surface area (Å²) in [6.45, 7) is 9.09. The van der Waals surface area contributed by atoms with Crippen LogP contribution < -0.4 is 5.73 Å². The monoisotopic (exact) mass is 239 g/mol. The molecule has 6 heteroatoms. The molecule has 2 rings (SSSR count). The van der Waals surface area contributed by atoms with Crippen LogP contribution >= 0.6 is 0 Å². The number of hydrogen-bond donors (Lipinski definition) is 1. The molecule has 1 saturated heterocycles. The van der Waals surface area contributed by atoms with Gasteiger partial charge in [-0.05, 0) is 5.92 Å². The summed E-state index contributed by atoms with van der Waals surface area (Å²) in [5.41, 5.74) is 5.53. The van der Waals surface area contributed by atoms with Gasteiger partial charge in [0.15, 0.2) is 5.82 Å². The van der Waals surface area contributed by atoms with Gasteiger partial charge in [0, 0.05) is 19.6 Å². The van der Waals surface area contributed by atoms with E-state index in [-0.39, 0.29) is 6.10 Å². The van der Waals surface area contributed by atoms with Gasteiger partial charge < -0.3 is 10.5 Å². The quantitative estimate of drug-likeness (QED) is 0.814. The van der Waals surface area contributed by atoms with Crippen molar-refractivity contribution in [2.24, 2.45) is 5.92 Å². The van der Waals surface area contributed by atoms with Crippen LogP contribution in [0, 0.1) is 5.92 Å². The number of aromatic nitrogens is 3. The van der Waals surface area contributed by atoms with Gasteiger partial charge in [0.25, 0.3) is 0 Å². The van der Waals surface area contributed by atoms with Crippen LogP contribution in [0.3, 0.4) is 0 Å². The molecule has 1 aliphatic heterocycles. The van der Waals surface area contributed by atoms with Crippen molar-refractivity contribution in [3.05, 3.63) is 6.20 Å². The second-order valence-electron chi connectivity index (χ2n) is 5.01. The molecule has 1 fully saturated rings. The first-order valence-electron chi connectivity index (χ1n) is 6.13. The fourth-order valence-electron chi connectivity index (χ4n) is 2.18. The smallest absolute Gasteiger partial charge is 0.165 e. The summed E-state index contributed by atoms with van der Waals surface area (Å²) in [7, 11) is 0. The van der Waals surface area contributed by atoms with Crippen LogP contribution in [0.2, 0.25) is 0 Å². The Labute approximate surface area is 102 Å². The van der Waals surface area contributed by atoms with Gasteiger partial charge in [0.05, 0.1) is 25.5 Å². The van der Waals surface area contributed by atoms with Crippen molar-refractivity contribution in [1.29, 1.82) is 0 Å². The molecule has 96 valence electrons. The van der Waals surface area contributed by atoms with E-state index in [9.17, 15) is 0 Å². The predicted molar refractivity (Wildman–Crippen MR) is 65.5 cm³/mol. The normalized spacial score (nSPS) is 22.2. The van der Waals surface area contributed by atoms with E-state index >= 15 is 0 Å². The zero-order valence-corrected chi connectivity index (χ0v) is 10.5. The maximum absolute atomic E-state index is 5.73. The molecular formula is C11H21N5O. The summed E-state index contributed by atoms with van der Waals surface area (Å²) in [6.07, 6.45) is 1.92. The minimum atomic E-state index is 0.184. The molecule has 1 unspecified atom stereocenters. The Kier molecular flexibility index (Phi) is 3.96. The van der Waals surface area contributed by atoms with Crippen LogP contribution in [-0.2, 0) is 11.3 Å². The molecule has 0 saturated carbocycles. The first kappa shape index (κ1) is 12.3. The Morgan fingerprint density at radius 2 is 2.41 bits per heavy atom. The van der Waals surface area contributed by atoms with Gasteiger partial charge in [0.1, 0.15) is 0 Å². The molecule has 0 bridgehead atoms. The molecule has 1 aromatic heterocycles. The highest BCUT2D eigenvalue weighted by Crippen LogP contribution is 2.09. The van der Waals surface area contributed by atoms with E-state index in [1.54, 1.807) is 10.9 Å². The van der Waals surface area contributed by atoms with Crippen molar-refractivity contribution < 1.29 is 4.74 Å². The van der Waals surface area contributed by atoms with Crippen LogP contribution in [0.1, 0.15) is 13.8 Å². The van der Waals surface area contributed by atoms with Gasteiger partial charge in [-0.1, -0.05) is 19.1 Å². The van der Waals surface area contributed by atoms with Crippen molar-refractivity contribution in [3.63, 3.8) is 0 Å². The molecule has 0 aliphatic carbocycles. The molecule has 1 aliphatic rings. The Balaban J connectivity index is 1.85. The Hall–Kier alpha value is -1.14. The van der Waals surface area contributed by atoms with Gasteiger partial charge in [0.2, 0.25) is 0 Å². The fraction of sp³-hybridized carbons (Fsp3) is 0.818. The molecule has 1 aromatic rings. The summed E-state index contributed by atoms with van der Waals surface area (Å²) in [5.74, 6) is 1.15. The highest BCUT2D eigenvalue weighted by atomic mass is 16.5. The van der Waals surface area contributed by atoms with E-state index in [0.717, 1.165) is 32.8 Å². The zero-order valence-electron chi connectivity index (χ0n) is 10.5. The first-order chi connectivity index (χ1) is 8.13. The number of nitrogens with zero attached hydrogens (tertiary/aromatic N) is 4. The summed E-state index contributed by atoms with van der Waals surface area (Å²) in [6, 6.07) is 0. The second kappa shape index (κ2) is 5.46. The number of morpholine rings is 1. The van der Waals surface area contributed by atoms with Crippen LogP contribution in [0.25, 0.3) is 0 Å². The van der Waals surface area contributed by atoms with Crippen molar-refractivity contribution in [3.8, 4) is 0 Å². The first-order valence-corrected chi connectivity index (χ1v) is 6.13. The van der Waals surface area contributed by atoms with Gasteiger partial charge in [-0.3, -0.25) is 4.90 Å². The third-order valence-electron chi connectivity index (χ3n) is 2.79. The van der Waals surface area contributed by atoms with Crippen molar-refractivity contribution in [2.45, 2.75) is 26.5 Å². The van der Waals surface area contributed by atoms with Crippen LogP contribution in [-0.4, -0.2) is 52.2 Å². The predicted octanol–water partition coefficient (Wildman–Crippen LogP) is 0.217. The van der Waals surface area contributed by atoms with E-state index in [2.05, 4.69) is 29.1 Å². The Morgan fingerprint density at radius 1 is 1.59 bits per heavy atom. The average molecular weight is 239 g/mol. The van der Waals surface area contributed by atoms with Crippen LogP contribution in [0.4, 0.5) is 5.82 Å². The fourth-order valence-corrected chi connectivity index (χ4v) is 2.18. The number of nitrogens with two attached hydrogens (primary N) is 1. The molecule has 1 atom stereocenters. The van der Waals surface area contributed by atoms with E-state index in [4.69, 9.17) is 10.5 Å². The molecular weight excluding hydrogens is 218 g/mol. The van der Waals surface area contributed by atoms with E-state index in [1.165, 1.54) is 0 Å². The molecule has 6 nitrogen and oxygen atoms in total. The average Bonchev–Trinajstić information content (AvgIpc) is 2.63. The number of nitrogen functional groups attached to an aromatic ring is 1. The summed E-state index contributed by atoms with van der Waals surface area (Å²) in [5, 5.41) is 7.71. The van der Waals surface area contributed by atoms with Gasteiger partial charge in [-0.2, -0.15) is 0 Å². The molecule has 17 heavy (non-hydrogen) atoms. The molecule has 0 radical (unpaired) electrons. The SMILES string of the molecule is CC(C)CN1CCOC(Cn2cc(N)nn2)C1. The minimum Gasteiger partial charge on any atom is -0.381 e. The summed E-state index contributed by atoms with van der Waals surface area (Å²) >= 11 is 0. The van der Waals surface area contributed by atoms with Crippen molar-refractivity contribution >= 4 is 5.82 Å². The molecule has 2 N–H and O–H groups in total. The number of rotatable bonds is 4. The topological polar surface area (TPSA) is 69.2 Å². The number of anilines is 1.